The van der Waals surface area contributed by atoms with Gasteiger partial charge in [0, 0.05) is 6.04 Å². The summed E-state index contributed by atoms with van der Waals surface area (Å²) in [6.45, 7) is 6.19. The summed E-state index contributed by atoms with van der Waals surface area (Å²) in [5.74, 6) is 0.765. The van der Waals surface area contributed by atoms with Crippen molar-refractivity contribution >= 4 is 5.91 Å². The second kappa shape index (κ2) is 4.28. The minimum absolute atomic E-state index is 0.0478. The third-order valence-corrected chi connectivity index (χ3v) is 3.41. The minimum atomic E-state index is -0.0478. The molecule has 2 rings (SSSR count). The molecule has 1 saturated carbocycles. The summed E-state index contributed by atoms with van der Waals surface area (Å²) in [7, 11) is 0. The van der Waals surface area contributed by atoms with Gasteiger partial charge in [0.15, 0.2) is 0 Å². The molecule has 1 aromatic carbocycles. The topological polar surface area (TPSA) is 29.1 Å². The van der Waals surface area contributed by atoms with Crippen molar-refractivity contribution in [1.82, 2.24) is 5.32 Å². The van der Waals surface area contributed by atoms with Gasteiger partial charge in [0.25, 0.3) is 0 Å². The molecule has 0 aromatic heterocycles. The van der Waals surface area contributed by atoms with E-state index in [1.807, 2.05) is 19.1 Å². The first-order chi connectivity index (χ1) is 7.58. The number of rotatable bonds is 3. The zero-order chi connectivity index (χ0) is 11.7. The van der Waals surface area contributed by atoms with Crippen molar-refractivity contribution < 1.29 is 4.79 Å². The maximum atomic E-state index is 11.9. The number of carbonyl (C=O) groups excluding carboxylic acids is 1. The molecule has 3 unspecified atom stereocenters. The number of amides is 1. The number of hydrogen-bond acceptors (Lipinski definition) is 1. The Balaban J connectivity index is 1.98. The van der Waals surface area contributed by atoms with Gasteiger partial charge in [0.05, 0.1) is 5.92 Å². The molecule has 0 spiro atoms. The first kappa shape index (κ1) is 11.2. The van der Waals surface area contributed by atoms with Crippen LogP contribution in [0.4, 0.5) is 0 Å². The SMILES string of the molecule is Cc1ccc(C(C)C(=O)NC2CC2C)cc1. The highest BCUT2D eigenvalue weighted by atomic mass is 16.2. The third kappa shape index (κ3) is 2.43. The van der Waals surface area contributed by atoms with Gasteiger partial charge in [0.1, 0.15) is 0 Å². The summed E-state index contributed by atoms with van der Waals surface area (Å²) in [6, 6.07) is 8.60. The van der Waals surface area contributed by atoms with Crippen LogP contribution in [0, 0.1) is 12.8 Å². The molecule has 0 bridgehead atoms. The normalized spacial score (nSPS) is 24.9. The van der Waals surface area contributed by atoms with E-state index < -0.39 is 0 Å². The zero-order valence-corrected chi connectivity index (χ0v) is 10.2. The van der Waals surface area contributed by atoms with Crippen molar-refractivity contribution in [2.75, 3.05) is 0 Å². The van der Waals surface area contributed by atoms with Gasteiger partial charge >= 0.3 is 0 Å². The standard InChI is InChI=1S/C14H19NO/c1-9-4-6-12(7-5-9)11(3)14(16)15-13-8-10(13)2/h4-7,10-11,13H,8H2,1-3H3,(H,15,16). The van der Waals surface area contributed by atoms with Crippen LogP contribution in [0.5, 0.6) is 0 Å². The lowest BCUT2D eigenvalue weighted by Gasteiger charge is -2.12. The van der Waals surface area contributed by atoms with Gasteiger partial charge in [-0.2, -0.15) is 0 Å². The van der Waals surface area contributed by atoms with E-state index in [0.29, 0.717) is 12.0 Å². The largest absolute Gasteiger partial charge is 0.353 e. The fraction of sp³-hybridized carbons (Fsp3) is 0.500. The molecule has 86 valence electrons. The van der Waals surface area contributed by atoms with Crippen LogP contribution in [-0.4, -0.2) is 11.9 Å². The summed E-state index contributed by atoms with van der Waals surface area (Å²) >= 11 is 0. The third-order valence-electron chi connectivity index (χ3n) is 3.41. The number of benzene rings is 1. The summed E-state index contributed by atoms with van der Waals surface area (Å²) < 4.78 is 0. The molecule has 16 heavy (non-hydrogen) atoms. The zero-order valence-electron chi connectivity index (χ0n) is 10.2. The average Bonchev–Trinajstić information content (AvgIpc) is 2.94. The summed E-state index contributed by atoms with van der Waals surface area (Å²) in [5, 5.41) is 3.08. The van der Waals surface area contributed by atoms with Crippen LogP contribution in [0.15, 0.2) is 24.3 Å². The van der Waals surface area contributed by atoms with Crippen molar-refractivity contribution in [3.8, 4) is 0 Å². The van der Waals surface area contributed by atoms with E-state index in [-0.39, 0.29) is 11.8 Å². The quantitative estimate of drug-likeness (QED) is 0.828. The van der Waals surface area contributed by atoms with E-state index in [9.17, 15) is 4.79 Å². The minimum Gasteiger partial charge on any atom is -0.353 e. The molecule has 1 aliphatic rings. The van der Waals surface area contributed by atoms with E-state index in [0.717, 1.165) is 12.0 Å². The highest BCUT2D eigenvalue weighted by Crippen LogP contribution is 2.30. The van der Waals surface area contributed by atoms with Crippen LogP contribution < -0.4 is 5.32 Å². The summed E-state index contributed by atoms with van der Waals surface area (Å²) in [5.41, 5.74) is 2.32. The van der Waals surface area contributed by atoms with Gasteiger partial charge < -0.3 is 5.32 Å². The Kier molecular flexibility index (Phi) is 2.99. The van der Waals surface area contributed by atoms with Gasteiger partial charge in [-0.3, -0.25) is 4.79 Å². The van der Waals surface area contributed by atoms with Crippen LogP contribution in [0.2, 0.25) is 0 Å². The molecule has 2 heteroatoms. The van der Waals surface area contributed by atoms with E-state index in [4.69, 9.17) is 0 Å². The van der Waals surface area contributed by atoms with Crippen molar-refractivity contribution in [1.29, 1.82) is 0 Å². The Hall–Kier alpha value is -1.31. The van der Waals surface area contributed by atoms with Gasteiger partial charge in [0.2, 0.25) is 5.91 Å². The monoisotopic (exact) mass is 217 g/mol. The first-order valence-electron chi connectivity index (χ1n) is 5.95. The molecular formula is C14H19NO. The second-order valence-corrected chi connectivity index (χ2v) is 4.96. The van der Waals surface area contributed by atoms with Crippen LogP contribution in [0.25, 0.3) is 0 Å². The molecule has 0 radical (unpaired) electrons. The summed E-state index contributed by atoms with van der Waals surface area (Å²) in [6.07, 6.45) is 1.13. The van der Waals surface area contributed by atoms with E-state index in [2.05, 4.69) is 31.3 Å². The molecule has 1 aliphatic carbocycles. The fourth-order valence-electron chi connectivity index (χ4n) is 1.84. The van der Waals surface area contributed by atoms with Crippen LogP contribution in [0.1, 0.15) is 37.3 Å². The Morgan fingerprint density at radius 3 is 2.44 bits per heavy atom. The highest BCUT2D eigenvalue weighted by Gasteiger charge is 2.34. The highest BCUT2D eigenvalue weighted by molar-refractivity contribution is 5.83. The number of carbonyl (C=O) groups is 1. The van der Waals surface area contributed by atoms with Crippen LogP contribution in [0.3, 0.4) is 0 Å². The predicted octanol–water partition coefficient (Wildman–Crippen LogP) is 2.62. The van der Waals surface area contributed by atoms with Crippen molar-refractivity contribution in [3.63, 3.8) is 0 Å². The number of aryl methyl sites for hydroxylation is 1. The first-order valence-corrected chi connectivity index (χ1v) is 5.95. The lowest BCUT2D eigenvalue weighted by molar-refractivity contribution is -0.122. The molecule has 1 N–H and O–H groups in total. The Labute approximate surface area is 97.1 Å². The van der Waals surface area contributed by atoms with Gasteiger partial charge in [-0.05, 0) is 31.7 Å². The maximum absolute atomic E-state index is 11.9. The van der Waals surface area contributed by atoms with Gasteiger partial charge in [-0.15, -0.1) is 0 Å². The molecule has 3 atom stereocenters. The fourth-order valence-corrected chi connectivity index (χ4v) is 1.84. The molecular weight excluding hydrogens is 198 g/mol. The van der Waals surface area contributed by atoms with Crippen LogP contribution in [-0.2, 0) is 4.79 Å². The number of hydrogen-bond donors (Lipinski definition) is 1. The molecule has 2 nitrogen and oxygen atoms in total. The van der Waals surface area contributed by atoms with Crippen LogP contribution >= 0.6 is 0 Å². The van der Waals surface area contributed by atoms with Crippen molar-refractivity contribution in [2.24, 2.45) is 5.92 Å². The van der Waals surface area contributed by atoms with Gasteiger partial charge in [-0.25, -0.2) is 0 Å². The lowest BCUT2D eigenvalue weighted by atomic mass is 9.99. The van der Waals surface area contributed by atoms with Crippen molar-refractivity contribution in [2.45, 2.75) is 39.2 Å². The molecule has 0 saturated heterocycles. The Morgan fingerprint density at radius 2 is 1.94 bits per heavy atom. The average molecular weight is 217 g/mol. The maximum Gasteiger partial charge on any atom is 0.227 e. The van der Waals surface area contributed by atoms with Crippen molar-refractivity contribution in [3.05, 3.63) is 35.4 Å². The smallest absolute Gasteiger partial charge is 0.227 e. The second-order valence-electron chi connectivity index (χ2n) is 4.96. The molecule has 0 heterocycles. The van der Waals surface area contributed by atoms with E-state index in [1.54, 1.807) is 0 Å². The Bertz CT molecular complexity index is 382. The van der Waals surface area contributed by atoms with E-state index in [1.165, 1.54) is 5.56 Å². The predicted molar refractivity (Wildman–Crippen MR) is 65.3 cm³/mol. The molecule has 0 aliphatic heterocycles. The van der Waals surface area contributed by atoms with Gasteiger partial charge in [-0.1, -0.05) is 36.8 Å². The Morgan fingerprint density at radius 1 is 1.38 bits per heavy atom. The molecule has 1 aromatic rings. The summed E-state index contributed by atoms with van der Waals surface area (Å²) in [4.78, 5) is 11.9. The number of nitrogens with one attached hydrogen (secondary N) is 1. The lowest BCUT2D eigenvalue weighted by Crippen LogP contribution is -2.30. The van der Waals surface area contributed by atoms with E-state index >= 15 is 0 Å². The molecule has 1 amide bonds. The molecule has 1 fully saturated rings.